The number of allylic oxidation sites excluding steroid dienone is 2. The Morgan fingerprint density at radius 3 is 3.00 bits per heavy atom. The van der Waals surface area contributed by atoms with Crippen LogP contribution in [0.5, 0.6) is 0 Å². The number of nitrogens with one attached hydrogen (secondary N) is 2. The molecule has 0 spiro atoms. The topological polar surface area (TPSA) is 73.6 Å². The largest absolute Gasteiger partial charge is 0.375 e. The molecule has 0 atom stereocenters. The monoisotopic (exact) mass is 371 g/mol. The second-order valence-corrected chi connectivity index (χ2v) is 7.35. The Hall–Kier alpha value is -2.36. The van der Waals surface area contributed by atoms with Crippen LogP contribution in [0.15, 0.2) is 42.4 Å². The van der Waals surface area contributed by atoms with Gasteiger partial charge in [0.15, 0.2) is 11.6 Å². The summed E-state index contributed by atoms with van der Waals surface area (Å²) in [6, 6.07) is 6.00. The van der Waals surface area contributed by atoms with E-state index in [-0.39, 0.29) is 0 Å². The number of nitrogens with zero attached hydrogens (tertiary/aromatic N) is 3. The molecule has 0 bridgehead atoms. The quantitative estimate of drug-likeness (QED) is 0.707. The van der Waals surface area contributed by atoms with E-state index in [0.717, 1.165) is 21.1 Å². The van der Waals surface area contributed by atoms with Crippen LogP contribution >= 0.6 is 22.9 Å². The maximum absolute atomic E-state index is 8.80. The van der Waals surface area contributed by atoms with Crippen LogP contribution in [0.2, 0.25) is 5.02 Å². The molecule has 25 heavy (non-hydrogen) atoms. The molecule has 0 amide bonds. The Kier molecular flexibility index (Phi) is 5.37. The van der Waals surface area contributed by atoms with Crippen molar-refractivity contribution in [2.24, 2.45) is 5.92 Å². The number of nitriles is 1. The van der Waals surface area contributed by atoms with E-state index in [1.807, 2.05) is 25.3 Å². The lowest BCUT2D eigenvalue weighted by Gasteiger charge is -2.12. The number of anilines is 1. The predicted molar refractivity (Wildman–Crippen MR) is 102 cm³/mol. The van der Waals surface area contributed by atoms with Crippen LogP contribution in [0.4, 0.5) is 5.82 Å². The summed E-state index contributed by atoms with van der Waals surface area (Å²) in [5.41, 5.74) is 1.10. The Balaban J connectivity index is 1.83. The lowest BCUT2D eigenvalue weighted by molar-refractivity contribution is 0.965. The number of thiophene rings is 1. The first-order chi connectivity index (χ1) is 12.1. The van der Waals surface area contributed by atoms with Crippen molar-refractivity contribution in [1.82, 2.24) is 15.3 Å². The lowest BCUT2D eigenvalue weighted by atomic mass is 10.2. The van der Waals surface area contributed by atoms with Gasteiger partial charge in [-0.25, -0.2) is 9.97 Å². The Labute approximate surface area is 156 Å². The number of halogens is 1. The zero-order chi connectivity index (χ0) is 17.8. The normalized spacial score (nSPS) is 14.0. The minimum atomic E-state index is 0.388. The fourth-order valence-corrected chi connectivity index (χ4v) is 3.32. The molecular formula is C18H18ClN5S. The fourth-order valence-electron chi connectivity index (χ4n) is 2.30. The van der Waals surface area contributed by atoms with Gasteiger partial charge in [-0.2, -0.15) is 5.26 Å². The van der Waals surface area contributed by atoms with Crippen molar-refractivity contribution >= 4 is 28.8 Å². The second-order valence-electron chi connectivity index (χ2n) is 5.77. The highest BCUT2D eigenvalue weighted by Crippen LogP contribution is 2.36. The zero-order valence-electron chi connectivity index (χ0n) is 13.8. The first-order valence-electron chi connectivity index (χ1n) is 7.94. The molecule has 5 nitrogen and oxygen atoms in total. The van der Waals surface area contributed by atoms with E-state index < -0.39 is 0 Å². The van der Waals surface area contributed by atoms with E-state index in [4.69, 9.17) is 16.9 Å². The van der Waals surface area contributed by atoms with Crippen LogP contribution in [0, 0.1) is 17.2 Å². The molecule has 1 fully saturated rings. The first kappa shape index (κ1) is 17.5. The molecule has 2 heterocycles. The van der Waals surface area contributed by atoms with Crippen LogP contribution < -0.4 is 10.6 Å². The molecule has 0 aliphatic heterocycles. The molecule has 128 valence electrons. The number of hydrogen-bond donors (Lipinski definition) is 2. The maximum atomic E-state index is 8.80. The SMILES string of the molecule is C=C(/C=C(\NC)Nc1nc(-c2ccc(CC#N)s2)ncc1Cl)C1CC1. The van der Waals surface area contributed by atoms with E-state index in [2.05, 4.69) is 33.2 Å². The average molecular weight is 372 g/mol. The van der Waals surface area contributed by atoms with Crippen molar-refractivity contribution in [3.63, 3.8) is 0 Å². The summed E-state index contributed by atoms with van der Waals surface area (Å²) in [5, 5.41) is 15.6. The summed E-state index contributed by atoms with van der Waals surface area (Å²) < 4.78 is 0. The third kappa shape index (κ3) is 4.38. The number of rotatable bonds is 7. The zero-order valence-corrected chi connectivity index (χ0v) is 15.4. The van der Waals surface area contributed by atoms with Gasteiger partial charge < -0.3 is 10.6 Å². The molecule has 1 aliphatic carbocycles. The molecule has 1 aliphatic rings. The van der Waals surface area contributed by atoms with Gasteiger partial charge in [0.25, 0.3) is 0 Å². The first-order valence-corrected chi connectivity index (χ1v) is 9.14. The number of hydrogen-bond acceptors (Lipinski definition) is 6. The van der Waals surface area contributed by atoms with Gasteiger partial charge in [0.1, 0.15) is 10.8 Å². The summed E-state index contributed by atoms with van der Waals surface area (Å²) in [6.07, 6.45) is 6.37. The van der Waals surface area contributed by atoms with E-state index in [9.17, 15) is 0 Å². The van der Waals surface area contributed by atoms with E-state index >= 15 is 0 Å². The van der Waals surface area contributed by atoms with E-state index in [0.29, 0.717) is 29.0 Å². The van der Waals surface area contributed by atoms with Gasteiger partial charge in [-0.3, -0.25) is 0 Å². The van der Waals surface area contributed by atoms with Gasteiger partial charge >= 0.3 is 0 Å². The number of aromatic nitrogens is 2. The summed E-state index contributed by atoms with van der Waals surface area (Å²) in [5.74, 6) is 2.50. The summed E-state index contributed by atoms with van der Waals surface area (Å²) in [6.45, 7) is 4.11. The highest BCUT2D eigenvalue weighted by atomic mass is 35.5. The molecule has 1 saturated carbocycles. The van der Waals surface area contributed by atoms with Crippen molar-refractivity contribution < 1.29 is 0 Å². The molecule has 0 saturated heterocycles. The van der Waals surface area contributed by atoms with Crippen molar-refractivity contribution in [2.75, 3.05) is 12.4 Å². The molecule has 3 rings (SSSR count). The molecule has 2 N–H and O–H groups in total. The van der Waals surface area contributed by atoms with Gasteiger partial charge in [-0.1, -0.05) is 18.2 Å². The van der Waals surface area contributed by atoms with Gasteiger partial charge in [0.2, 0.25) is 0 Å². The van der Waals surface area contributed by atoms with E-state index in [1.54, 1.807) is 6.20 Å². The molecular weight excluding hydrogens is 354 g/mol. The fraction of sp³-hybridized carbons (Fsp3) is 0.278. The summed E-state index contributed by atoms with van der Waals surface area (Å²) in [7, 11) is 1.84. The highest BCUT2D eigenvalue weighted by Gasteiger charge is 2.23. The van der Waals surface area contributed by atoms with Gasteiger partial charge in [0.05, 0.1) is 23.6 Å². The third-order valence-corrected chi connectivity index (χ3v) is 5.19. The van der Waals surface area contributed by atoms with Crippen LogP contribution in [-0.2, 0) is 6.42 Å². The summed E-state index contributed by atoms with van der Waals surface area (Å²) >= 11 is 7.76. The molecule has 2 aromatic rings. The molecule has 0 radical (unpaired) electrons. The molecule has 0 unspecified atom stereocenters. The Morgan fingerprint density at radius 2 is 2.32 bits per heavy atom. The van der Waals surface area contributed by atoms with Crippen molar-refractivity contribution in [1.29, 1.82) is 5.26 Å². The minimum Gasteiger partial charge on any atom is -0.375 e. The second kappa shape index (κ2) is 7.68. The summed E-state index contributed by atoms with van der Waals surface area (Å²) in [4.78, 5) is 10.7. The van der Waals surface area contributed by atoms with Crippen molar-refractivity contribution in [3.05, 3.63) is 52.3 Å². The van der Waals surface area contributed by atoms with Crippen LogP contribution in [0.25, 0.3) is 10.7 Å². The van der Waals surface area contributed by atoms with E-state index in [1.165, 1.54) is 24.2 Å². The minimum absolute atomic E-state index is 0.388. The Bertz CT molecular complexity index is 861. The van der Waals surface area contributed by atoms with Crippen LogP contribution in [0.1, 0.15) is 17.7 Å². The standard InChI is InChI=1S/C18H18ClN5S/c1-11(12-3-4-12)9-16(21-2)23-17-14(19)10-22-18(24-17)15-6-5-13(25-15)7-8-20/h5-6,9-10,12,21H,1,3-4,7H2,2H3,(H,22,23,24)/b16-9+. The molecule has 0 aromatic carbocycles. The predicted octanol–water partition coefficient (Wildman–Crippen LogP) is 4.36. The highest BCUT2D eigenvalue weighted by molar-refractivity contribution is 7.15. The molecule has 7 heteroatoms. The van der Waals surface area contributed by atoms with Crippen molar-refractivity contribution in [3.8, 4) is 16.8 Å². The van der Waals surface area contributed by atoms with Crippen molar-refractivity contribution in [2.45, 2.75) is 19.3 Å². The van der Waals surface area contributed by atoms with Crippen LogP contribution in [0.3, 0.4) is 0 Å². The maximum Gasteiger partial charge on any atom is 0.171 e. The van der Waals surface area contributed by atoms with Gasteiger partial charge in [0, 0.05) is 11.9 Å². The molecule has 2 aromatic heterocycles. The Morgan fingerprint density at radius 1 is 1.52 bits per heavy atom. The lowest BCUT2D eigenvalue weighted by Crippen LogP contribution is -2.16. The smallest absolute Gasteiger partial charge is 0.171 e. The van der Waals surface area contributed by atoms with Gasteiger partial charge in [-0.15, -0.1) is 11.3 Å². The van der Waals surface area contributed by atoms with Gasteiger partial charge in [-0.05, 0) is 42.5 Å². The van der Waals surface area contributed by atoms with Crippen LogP contribution in [-0.4, -0.2) is 17.0 Å². The third-order valence-electron chi connectivity index (χ3n) is 3.83. The average Bonchev–Trinajstić information content (AvgIpc) is 3.36.